The number of hydrogen-bond acceptors (Lipinski definition) is 3. The van der Waals surface area contributed by atoms with Crippen molar-refractivity contribution in [2.24, 2.45) is 5.92 Å². The Hall–Kier alpha value is -1.84. The number of piperidine rings is 1. The third-order valence-electron chi connectivity index (χ3n) is 6.67. The van der Waals surface area contributed by atoms with Gasteiger partial charge < -0.3 is 9.84 Å². The molecule has 152 valence electrons. The fourth-order valence-electron chi connectivity index (χ4n) is 4.81. The second-order valence-electron chi connectivity index (χ2n) is 8.45. The number of hydrogen-bond donors (Lipinski definition) is 1. The third kappa shape index (κ3) is 4.42. The van der Waals surface area contributed by atoms with Crippen molar-refractivity contribution in [3.8, 4) is 5.75 Å². The Kier molecular flexibility index (Phi) is 6.79. The minimum absolute atomic E-state index is 0.111. The summed E-state index contributed by atoms with van der Waals surface area (Å²) >= 11 is 0. The van der Waals surface area contributed by atoms with Crippen LogP contribution in [0, 0.1) is 19.8 Å². The summed E-state index contributed by atoms with van der Waals surface area (Å²) in [7, 11) is 1.70. The van der Waals surface area contributed by atoms with Crippen LogP contribution >= 0.6 is 0 Å². The molecule has 28 heavy (non-hydrogen) atoms. The van der Waals surface area contributed by atoms with E-state index >= 15 is 0 Å². The summed E-state index contributed by atoms with van der Waals surface area (Å²) in [5, 5.41) is 11.0. The highest BCUT2D eigenvalue weighted by Gasteiger charge is 2.30. The van der Waals surface area contributed by atoms with Crippen LogP contribution in [0.1, 0.15) is 61.0 Å². The number of aliphatic hydroxyl groups excluding tert-OH is 1. The lowest BCUT2D eigenvalue weighted by molar-refractivity contribution is 0.0348. The fraction of sp³-hybridized carbons (Fsp3) is 0.520. The van der Waals surface area contributed by atoms with E-state index in [0.717, 1.165) is 35.5 Å². The molecule has 1 heterocycles. The number of ether oxygens (including phenoxy) is 1. The number of aryl methyl sites for hydroxylation is 2. The van der Waals surface area contributed by atoms with Crippen LogP contribution in [0.5, 0.6) is 5.75 Å². The molecule has 3 nitrogen and oxygen atoms in total. The molecule has 0 aliphatic carbocycles. The fourth-order valence-corrected chi connectivity index (χ4v) is 4.81. The van der Waals surface area contributed by atoms with Gasteiger partial charge in [-0.05, 0) is 92.9 Å². The van der Waals surface area contributed by atoms with Gasteiger partial charge in [0.25, 0.3) is 0 Å². The van der Waals surface area contributed by atoms with Gasteiger partial charge in [0, 0.05) is 6.04 Å². The summed E-state index contributed by atoms with van der Waals surface area (Å²) in [6.45, 7) is 10.7. The van der Waals surface area contributed by atoms with Crippen LogP contribution in [0.25, 0.3) is 0 Å². The normalized spacial score (nSPS) is 19.2. The third-order valence-corrected chi connectivity index (χ3v) is 6.67. The lowest BCUT2D eigenvalue weighted by atomic mass is 9.81. The van der Waals surface area contributed by atoms with Crippen LogP contribution < -0.4 is 4.74 Å². The molecule has 0 amide bonds. The van der Waals surface area contributed by atoms with Crippen molar-refractivity contribution in [1.29, 1.82) is 0 Å². The van der Waals surface area contributed by atoms with Gasteiger partial charge in [0.15, 0.2) is 0 Å². The van der Waals surface area contributed by atoms with Crippen molar-refractivity contribution in [1.82, 2.24) is 4.90 Å². The molecule has 3 atom stereocenters. The van der Waals surface area contributed by atoms with E-state index in [2.05, 4.69) is 61.2 Å². The summed E-state index contributed by atoms with van der Waals surface area (Å²) in [6.07, 6.45) is 1.90. The predicted octanol–water partition coefficient (Wildman–Crippen LogP) is 5.25. The summed E-state index contributed by atoms with van der Waals surface area (Å²) in [4.78, 5) is 2.45. The number of aliphatic hydroxyl groups is 1. The zero-order valence-electron chi connectivity index (χ0n) is 18.0. The molecule has 0 bridgehead atoms. The maximum atomic E-state index is 11.0. The van der Waals surface area contributed by atoms with E-state index in [1.807, 2.05) is 13.8 Å². The lowest BCUT2D eigenvalue weighted by Gasteiger charge is -2.40. The predicted molar refractivity (Wildman–Crippen MR) is 116 cm³/mol. The SMILES string of the molecule is COc1c(C)cc(C(O)C(C)N2CCC(C(C)c3ccccc3)CC2)cc1C. The van der Waals surface area contributed by atoms with E-state index in [-0.39, 0.29) is 6.04 Å². The molecule has 1 aliphatic heterocycles. The number of likely N-dealkylation sites (tertiary alicyclic amines) is 1. The van der Waals surface area contributed by atoms with Gasteiger partial charge in [0.05, 0.1) is 13.2 Å². The Bertz CT molecular complexity index is 742. The van der Waals surface area contributed by atoms with E-state index < -0.39 is 6.10 Å². The van der Waals surface area contributed by atoms with Crippen molar-refractivity contribution in [2.45, 2.75) is 58.6 Å². The Morgan fingerprint density at radius 2 is 1.54 bits per heavy atom. The van der Waals surface area contributed by atoms with E-state index in [0.29, 0.717) is 11.8 Å². The van der Waals surface area contributed by atoms with Crippen molar-refractivity contribution in [3.05, 3.63) is 64.7 Å². The molecule has 1 aliphatic rings. The Morgan fingerprint density at radius 3 is 2.07 bits per heavy atom. The van der Waals surface area contributed by atoms with Crippen LogP contribution in [0.15, 0.2) is 42.5 Å². The van der Waals surface area contributed by atoms with E-state index in [9.17, 15) is 5.11 Å². The Balaban J connectivity index is 1.62. The quantitative estimate of drug-likeness (QED) is 0.742. The smallest absolute Gasteiger partial charge is 0.124 e. The molecular weight excluding hydrogens is 346 g/mol. The molecule has 3 heteroatoms. The average molecular weight is 382 g/mol. The van der Waals surface area contributed by atoms with Gasteiger partial charge in [-0.2, -0.15) is 0 Å². The first kappa shape index (κ1) is 20.9. The highest BCUT2D eigenvalue weighted by atomic mass is 16.5. The number of benzene rings is 2. The molecule has 1 saturated heterocycles. The summed E-state index contributed by atoms with van der Waals surface area (Å²) in [6, 6.07) is 15.1. The van der Waals surface area contributed by atoms with Crippen molar-refractivity contribution in [3.63, 3.8) is 0 Å². The van der Waals surface area contributed by atoms with Gasteiger partial charge in [-0.25, -0.2) is 0 Å². The summed E-state index contributed by atoms with van der Waals surface area (Å²) in [5.74, 6) is 2.23. The van der Waals surface area contributed by atoms with Crippen molar-refractivity contribution in [2.75, 3.05) is 20.2 Å². The topological polar surface area (TPSA) is 32.7 Å². The lowest BCUT2D eigenvalue weighted by Crippen LogP contribution is -2.43. The van der Waals surface area contributed by atoms with Crippen LogP contribution in [0.3, 0.4) is 0 Å². The summed E-state index contributed by atoms with van der Waals surface area (Å²) in [5.41, 5.74) is 4.60. The van der Waals surface area contributed by atoms with Crippen LogP contribution in [-0.4, -0.2) is 36.2 Å². The van der Waals surface area contributed by atoms with Crippen LogP contribution in [0.4, 0.5) is 0 Å². The Morgan fingerprint density at radius 1 is 0.964 bits per heavy atom. The average Bonchev–Trinajstić information content (AvgIpc) is 2.72. The zero-order chi connectivity index (χ0) is 20.3. The minimum atomic E-state index is -0.480. The number of nitrogens with zero attached hydrogens (tertiary/aromatic N) is 1. The second-order valence-corrected chi connectivity index (χ2v) is 8.45. The molecule has 1 N–H and O–H groups in total. The van der Waals surface area contributed by atoms with Crippen molar-refractivity contribution >= 4 is 0 Å². The number of rotatable bonds is 6. The maximum Gasteiger partial charge on any atom is 0.124 e. The van der Waals surface area contributed by atoms with Gasteiger partial charge in [0.1, 0.15) is 5.75 Å². The largest absolute Gasteiger partial charge is 0.496 e. The van der Waals surface area contributed by atoms with Crippen LogP contribution in [0.2, 0.25) is 0 Å². The van der Waals surface area contributed by atoms with Gasteiger partial charge in [-0.1, -0.05) is 37.3 Å². The first-order valence-corrected chi connectivity index (χ1v) is 10.5. The molecule has 2 aromatic rings. The first-order valence-electron chi connectivity index (χ1n) is 10.5. The van der Waals surface area contributed by atoms with Crippen LogP contribution in [-0.2, 0) is 0 Å². The second kappa shape index (κ2) is 9.11. The molecular formula is C25H35NO2. The molecule has 0 aromatic heterocycles. The first-order chi connectivity index (χ1) is 13.4. The van der Waals surface area contributed by atoms with Gasteiger partial charge in [-0.3, -0.25) is 4.90 Å². The highest BCUT2D eigenvalue weighted by molar-refractivity contribution is 5.44. The number of methoxy groups -OCH3 is 1. The van der Waals surface area contributed by atoms with E-state index in [4.69, 9.17) is 4.74 Å². The Labute approximate surface area is 170 Å². The molecule has 3 rings (SSSR count). The summed E-state index contributed by atoms with van der Waals surface area (Å²) < 4.78 is 5.47. The zero-order valence-corrected chi connectivity index (χ0v) is 18.0. The molecule has 2 aromatic carbocycles. The highest BCUT2D eigenvalue weighted by Crippen LogP contribution is 2.35. The van der Waals surface area contributed by atoms with Gasteiger partial charge in [-0.15, -0.1) is 0 Å². The molecule has 0 radical (unpaired) electrons. The van der Waals surface area contributed by atoms with Crippen molar-refractivity contribution < 1.29 is 9.84 Å². The van der Waals surface area contributed by atoms with E-state index in [1.165, 1.54) is 18.4 Å². The minimum Gasteiger partial charge on any atom is -0.496 e. The van der Waals surface area contributed by atoms with Gasteiger partial charge >= 0.3 is 0 Å². The molecule has 0 saturated carbocycles. The molecule has 1 fully saturated rings. The maximum absolute atomic E-state index is 11.0. The van der Waals surface area contributed by atoms with Gasteiger partial charge in [0.2, 0.25) is 0 Å². The molecule has 3 unspecified atom stereocenters. The van der Waals surface area contributed by atoms with E-state index in [1.54, 1.807) is 7.11 Å². The molecule has 0 spiro atoms. The monoisotopic (exact) mass is 381 g/mol. The standard InChI is InChI=1S/C25H35NO2/c1-17-15-23(16-18(2)25(17)28-5)24(27)20(4)26-13-11-22(12-14-26)19(3)21-9-7-6-8-10-21/h6-10,15-16,19-20,22,24,27H,11-14H2,1-5H3.